The average Bonchev–Trinajstić information content (AvgIpc) is 2.89. The van der Waals surface area contributed by atoms with Crippen LogP contribution in [-0.4, -0.2) is 13.1 Å². The largest absolute Gasteiger partial charge is 0.316 e. The van der Waals surface area contributed by atoms with Crippen LogP contribution in [0.25, 0.3) is 0 Å². The third kappa shape index (κ3) is 3.27. The number of rotatable bonds is 5. The Morgan fingerprint density at radius 3 is 1.93 bits per heavy atom. The number of nitrogens with one attached hydrogen (secondary N) is 1. The molecule has 0 aliphatic heterocycles. The Morgan fingerprint density at radius 1 is 1.07 bits per heavy atom. The van der Waals surface area contributed by atoms with Crippen molar-refractivity contribution >= 4 is 0 Å². The molecular weight excluding hydrogens is 170 g/mol. The molecule has 2 aliphatic carbocycles. The van der Waals surface area contributed by atoms with E-state index >= 15 is 0 Å². The molecule has 0 radical (unpaired) electrons. The van der Waals surface area contributed by atoms with Gasteiger partial charge in [0.05, 0.1) is 0 Å². The van der Waals surface area contributed by atoms with Crippen molar-refractivity contribution in [3.8, 4) is 0 Å². The smallest absolute Gasteiger partial charge is 0.000000545 e. The van der Waals surface area contributed by atoms with Crippen molar-refractivity contribution in [2.75, 3.05) is 13.1 Å². The zero-order chi connectivity index (χ0) is 10.2. The summed E-state index contributed by atoms with van der Waals surface area (Å²) in [4.78, 5) is 0. The molecule has 2 saturated carbocycles. The van der Waals surface area contributed by atoms with Crippen LogP contribution in [-0.2, 0) is 0 Å². The van der Waals surface area contributed by atoms with Gasteiger partial charge in [0.1, 0.15) is 0 Å². The van der Waals surface area contributed by atoms with Gasteiger partial charge in [-0.1, -0.05) is 20.8 Å². The highest BCUT2D eigenvalue weighted by atomic mass is 14.9. The topological polar surface area (TPSA) is 12.0 Å². The Morgan fingerprint density at radius 2 is 1.57 bits per heavy atom. The summed E-state index contributed by atoms with van der Waals surface area (Å²) >= 11 is 0. The number of hydrogen-bond donors (Lipinski definition) is 1. The van der Waals surface area contributed by atoms with E-state index in [4.69, 9.17) is 0 Å². The van der Waals surface area contributed by atoms with Crippen molar-refractivity contribution in [1.29, 1.82) is 0 Å². The number of hydrogen-bond acceptors (Lipinski definition) is 1. The van der Waals surface area contributed by atoms with Gasteiger partial charge in [-0.15, -0.1) is 0 Å². The fraction of sp³-hybridized carbons (Fsp3) is 1.00. The molecule has 0 spiro atoms. The van der Waals surface area contributed by atoms with E-state index in [2.05, 4.69) is 26.1 Å². The van der Waals surface area contributed by atoms with Gasteiger partial charge in [0.15, 0.2) is 0 Å². The van der Waals surface area contributed by atoms with Crippen LogP contribution in [0.5, 0.6) is 0 Å². The molecule has 14 heavy (non-hydrogen) atoms. The first kappa shape index (κ1) is 10.5. The van der Waals surface area contributed by atoms with E-state index in [1.807, 2.05) is 0 Å². The summed E-state index contributed by atoms with van der Waals surface area (Å²) in [5, 5.41) is 3.67. The van der Waals surface area contributed by atoms with Crippen LogP contribution in [0.3, 0.4) is 0 Å². The minimum absolute atomic E-state index is 0.442. The molecule has 0 aromatic carbocycles. The first-order valence-corrected chi connectivity index (χ1v) is 6.27. The first-order valence-electron chi connectivity index (χ1n) is 6.27. The molecule has 0 bridgehead atoms. The summed E-state index contributed by atoms with van der Waals surface area (Å²) in [5.41, 5.74) is 0.442. The van der Waals surface area contributed by atoms with Crippen molar-refractivity contribution in [2.24, 2.45) is 23.2 Å². The molecule has 82 valence electrons. The molecule has 2 aliphatic rings. The van der Waals surface area contributed by atoms with E-state index < -0.39 is 0 Å². The quantitative estimate of drug-likeness (QED) is 0.711. The van der Waals surface area contributed by atoms with Crippen LogP contribution >= 0.6 is 0 Å². The standard InChI is InChI=1S/C13H25N/c1-13(2,3)9-14-8-12(10-4-5-10)11-6-7-11/h10-12,14H,4-9H2,1-3H3. The highest BCUT2D eigenvalue weighted by molar-refractivity contribution is 4.92. The lowest BCUT2D eigenvalue weighted by atomic mass is 9.94. The van der Waals surface area contributed by atoms with Gasteiger partial charge in [-0.05, 0) is 61.9 Å². The highest BCUT2D eigenvalue weighted by Crippen LogP contribution is 2.48. The molecule has 2 fully saturated rings. The normalized spacial score (nSPS) is 23.1. The first-order chi connectivity index (χ1) is 6.56. The molecular formula is C13H25N. The van der Waals surface area contributed by atoms with E-state index in [9.17, 15) is 0 Å². The van der Waals surface area contributed by atoms with E-state index in [-0.39, 0.29) is 0 Å². The Kier molecular flexibility index (Phi) is 2.88. The van der Waals surface area contributed by atoms with Crippen LogP contribution in [0.4, 0.5) is 0 Å². The monoisotopic (exact) mass is 195 g/mol. The van der Waals surface area contributed by atoms with Gasteiger partial charge < -0.3 is 5.32 Å². The predicted octanol–water partition coefficient (Wildman–Crippen LogP) is 3.06. The molecule has 1 heteroatoms. The molecule has 0 atom stereocenters. The van der Waals surface area contributed by atoms with Crippen LogP contribution in [0.2, 0.25) is 0 Å². The molecule has 0 unspecified atom stereocenters. The second-order valence-electron chi connectivity index (χ2n) is 6.53. The van der Waals surface area contributed by atoms with Gasteiger partial charge in [-0.2, -0.15) is 0 Å². The van der Waals surface area contributed by atoms with Gasteiger partial charge in [0.25, 0.3) is 0 Å². The summed E-state index contributed by atoms with van der Waals surface area (Å²) in [7, 11) is 0. The van der Waals surface area contributed by atoms with Gasteiger partial charge in [-0.25, -0.2) is 0 Å². The molecule has 0 saturated heterocycles. The third-order valence-corrected chi connectivity index (χ3v) is 3.49. The van der Waals surface area contributed by atoms with Crippen molar-refractivity contribution in [3.63, 3.8) is 0 Å². The lowest BCUT2D eigenvalue weighted by Crippen LogP contribution is -2.32. The lowest BCUT2D eigenvalue weighted by Gasteiger charge is -2.22. The third-order valence-electron chi connectivity index (χ3n) is 3.49. The zero-order valence-electron chi connectivity index (χ0n) is 9.97. The molecule has 0 heterocycles. The Balaban J connectivity index is 1.67. The van der Waals surface area contributed by atoms with Crippen LogP contribution in [0.1, 0.15) is 46.5 Å². The summed E-state index contributed by atoms with van der Waals surface area (Å²) in [5.74, 6) is 3.21. The van der Waals surface area contributed by atoms with Gasteiger partial charge in [0, 0.05) is 0 Å². The summed E-state index contributed by atoms with van der Waals surface area (Å²) in [6, 6.07) is 0. The van der Waals surface area contributed by atoms with Crippen LogP contribution < -0.4 is 5.32 Å². The van der Waals surface area contributed by atoms with Crippen molar-refractivity contribution < 1.29 is 0 Å². The van der Waals surface area contributed by atoms with Crippen molar-refractivity contribution in [1.82, 2.24) is 5.32 Å². The maximum Gasteiger partial charge on any atom is -0.000000545 e. The Labute approximate surface area is 88.7 Å². The average molecular weight is 195 g/mol. The maximum absolute atomic E-state index is 3.67. The summed E-state index contributed by atoms with van der Waals surface area (Å²) < 4.78 is 0. The Hall–Kier alpha value is -0.0400. The predicted molar refractivity (Wildman–Crippen MR) is 61.3 cm³/mol. The molecule has 0 aromatic heterocycles. The van der Waals surface area contributed by atoms with Crippen molar-refractivity contribution in [2.45, 2.75) is 46.5 Å². The summed E-state index contributed by atoms with van der Waals surface area (Å²) in [6.45, 7) is 9.38. The van der Waals surface area contributed by atoms with Gasteiger partial charge in [-0.3, -0.25) is 0 Å². The SMILES string of the molecule is CC(C)(C)CNCC(C1CC1)C1CC1. The second-order valence-corrected chi connectivity index (χ2v) is 6.53. The minimum Gasteiger partial charge on any atom is -0.316 e. The molecule has 0 aromatic rings. The van der Waals surface area contributed by atoms with Crippen molar-refractivity contribution in [3.05, 3.63) is 0 Å². The van der Waals surface area contributed by atoms with E-state index in [0.29, 0.717) is 5.41 Å². The van der Waals surface area contributed by atoms with Crippen LogP contribution in [0.15, 0.2) is 0 Å². The zero-order valence-corrected chi connectivity index (χ0v) is 9.97. The molecule has 2 rings (SSSR count). The molecule has 0 amide bonds. The molecule has 1 nitrogen and oxygen atoms in total. The Bertz CT molecular complexity index is 172. The van der Waals surface area contributed by atoms with Crippen LogP contribution in [0, 0.1) is 23.2 Å². The van der Waals surface area contributed by atoms with E-state index in [0.717, 1.165) is 17.8 Å². The van der Waals surface area contributed by atoms with Gasteiger partial charge >= 0.3 is 0 Å². The fourth-order valence-corrected chi connectivity index (χ4v) is 2.38. The van der Waals surface area contributed by atoms with Gasteiger partial charge in [0.2, 0.25) is 0 Å². The minimum atomic E-state index is 0.442. The fourth-order valence-electron chi connectivity index (χ4n) is 2.38. The van der Waals surface area contributed by atoms with E-state index in [1.165, 1.54) is 38.8 Å². The lowest BCUT2D eigenvalue weighted by molar-refractivity contribution is 0.326. The van der Waals surface area contributed by atoms with E-state index in [1.54, 1.807) is 0 Å². The second kappa shape index (κ2) is 3.84. The maximum atomic E-state index is 3.67. The highest BCUT2D eigenvalue weighted by Gasteiger charge is 2.40. The summed E-state index contributed by atoms with van der Waals surface area (Å²) in [6.07, 6.45) is 6.05. The molecule has 1 N–H and O–H groups in total.